The monoisotopic (exact) mass is 407 g/mol. The van der Waals surface area contributed by atoms with Crippen molar-refractivity contribution in [2.45, 2.75) is 20.5 Å². The molecule has 0 saturated carbocycles. The molecule has 4 rings (SSSR count). The smallest absolute Gasteiger partial charge is 0.269 e. The van der Waals surface area contributed by atoms with Crippen LogP contribution in [0.15, 0.2) is 47.0 Å². The van der Waals surface area contributed by atoms with E-state index in [1.165, 1.54) is 12.1 Å². The number of nitrogens with one attached hydrogen (secondary N) is 2. The summed E-state index contributed by atoms with van der Waals surface area (Å²) in [6.07, 6.45) is 0. The third kappa shape index (κ3) is 3.70. The first-order chi connectivity index (χ1) is 14.4. The number of ether oxygens (including phenoxy) is 1. The minimum atomic E-state index is -0.449. The number of amides is 1. The second kappa shape index (κ2) is 7.66. The van der Waals surface area contributed by atoms with Crippen LogP contribution in [0.3, 0.4) is 0 Å². The SMILES string of the molecule is Cc1noc(C)c1C(=O)Nc1n[nH]c2ccc(OCc3ccc([N+](=O)[O-])cc3)cc12. The zero-order valence-corrected chi connectivity index (χ0v) is 16.1. The van der Waals surface area contributed by atoms with Crippen LogP contribution < -0.4 is 10.1 Å². The Kier molecular flexibility index (Phi) is 4.88. The van der Waals surface area contributed by atoms with E-state index in [1.54, 1.807) is 44.2 Å². The topological polar surface area (TPSA) is 136 Å². The van der Waals surface area contributed by atoms with Crippen molar-refractivity contribution in [3.05, 3.63) is 75.2 Å². The molecule has 0 aliphatic rings. The van der Waals surface area contributed by atoms with Gasteiger partial charge in [-0.3, -0.25) is 20.0 Å². The van der Waals surface area contributed by atoms with Gasteiger partial charge in [0.05, 0.1) is 16.1 Å². The summed E-state index contributed by atoms with van der Waals surface area (Å²) in [6.45, 7) is 3.60. The summed E-state index contributed by atoms with van der Waals surface area (Å²) in [6, 6.07) is 11.5. The molecule has 0 unspecified atom stereocenters. The van der Waals surface area contributed by atoms with Crippen LogP contribution in [0.25, 0.3) is 10.9 Å². The maximum Gasteiger partial charge on any atom is 0.269 e. The molecule has 0 aliphatic carbocycles. The van der Waals surface area contributed by atoms with Gasteiger partial charge in [-0.05, 0) is 49.7 Å². The molecule has 0 atom stereocenters. The first-order valence-corrected chi connectivity index (χ1v) is 9.01. The molecule has 2 aromatic carbocycles. The Hall–Kier alpha value is -4.21. The summed E-state index contributed by atoms with van der Waals surface area (Å²) >= 11 is 0. The van der Waals surface area contributed by atoms with Gasteiger partial charge in [-0.2, -0.15) is 5.10 Å². The molecule has 1 amide bonds. The van der Waals surface area contributed by atoms with Crippen molar-refractivity contribution >= 4 is 28.3 Å². The molecule has 0 aliphatic heterocycles. The lowest BCUT2D eigenvalue weighted by atomic mass is 10.2. The number of anilines is 1. The van der Waals surface area contributed by atoms with E-state index in [-0.39, 0.29) is 18.2 Å². The average Bonchev–Trinajstić information content (AvgIpc) is 3.29. The number of H-pyrrole nitrogens is 1. The summed E-state index contributed by atoms with van der Waals surface area (Å²) in [4.78, 5) is 22.9. The van der Waals surface area contributed by atoms with Crippen LogP contribution in [0.5, 0.6) is 5.75 Å². The maximum absolute atomic E-state index is 12.6. The Balaban J connectivity index is 1.51. The minimum absolute atomic E-state index is 0.0252. The molecule has 30 heavy (non-hydrogen) atoms. The molecule has 0 bridgehead atoms. The van der Waals surface area contributed by atoms with E-state index in [4.69, 9.17) is 9.26 Å². The summed E-state index contributed by atoms with van der Waals surface area (Å²) in [5.74, 6) is 0.986. The van der Waals surface area contributed by atoms with E-state index >= 15 is 0 Å². The highest BCUT2D eigenvalue weighted by molar-refractivity contribution is 6.09. The number of nitro benzene ring substituents is 1. The lowest BCUT2D eigenvalue weighted by molar-refractivity contribution is -0.384. The third-order valence-electron chi connectivity index (χ3n) is 4.58. The lowest BCUT2D eigenvalue weighted by Gasteiger charge is -2.07. The van der Waals surface area contributed by atoms with Crippen molar-refractivity contribution in [3.8, 4) is 5.75 Å². The number of fused-ring (bicyclic) bond motifs is 1. The van der Waals surface area contributed by atoms with Crippen LogP contribution >= 0.6 is 0 Å². The van der Waals surface area contributed by atoms with Gasteiger partial charge in [0.25, 0.3) is 11.6 Å². The first kappa shape index (κ1) is 19.1. The van der Waals surface area contributed by atoms with Gasteiger partial charge in [0, 0.05) is 17.5 Å². The van der Waals surface area contributed by atoms with Crippen molar-refractivity contribution < 1.29 is 19.0 Å². The molecule has 2 aromatic heterocycles. The Bertz CT molecular complexity index is 1220. The van der Waals surface area contributed by atoms with E-state index in [0.717, 1.165) is 11.1 Å². The zero-order valence-electron chi connectivity index (χ0n) is 16.1. The van der Waals surface area contributed by atoms with Gasteiger partial charge >= 0.3 is 0 Å². The quantitative estimate of drug-likeness (QED) is 0.365. The molecule has 4 aromatic rings. The van der Waals surface area contributed by atoms with Crippen LogP contribution in [0.2, 0.25) is 0 Å². The number of hydrogen-bond donors (Lipinski definition) is 2. The highest BCUT2D eigenvalue weighted by Gasteiger charge is 2.19. The minimum Gasteiger partial charge on any atom is -0.489 e. The van der Waals surface area contributed by atoms with Crippen LogP contribution in [0.1, 0.15) is 27.4 Å². The third-order valence-corrected chi connectivity index (χ3v) is 4.58. The zero-order chi connectivity index (χ0) is 21.3. The predicted octanol–water partition coefficient (Wildman–Crippen LogP) is 3.91. The summed E-state index contributed by atoms with van der Waals surface area (Å²) < 4.78 is 10.8. The number of aromatic nitrogens is 3. The summed E-state index contributed by atoms with van der Waals surface area (Å²) in [7, 11) is 0. The number of carbonyl (C=O) groups excluding carboxylic acids is 1. The van der Waals surface area contributed by atoms with E-state index in [9.17, 15) is 14.9 Å². The van der Waals surface area contributed by atoms with Gasteiger partial charge in [-0.25, -0.2) is 0 Å². The van der Waals surface area contributed by atoms with Crippen molar-refractivity contribution in [1.29, 1.82) is 0 Å². The molecule has 0 radical (unpaired) electrons. The molecule has 10 nitrogen and oxygen atoms in total. The number of nitrogens with zero attached hydrogens (tertiary/aromatic N) is 3. The van der Waals surface area contributed by atoms with Crippen molar-refractivity contribution in [3.63, 3.8) is 0 Å². The number of rotatable bonds is 6. The highest BCUT2D eigenvalue weighted by atomic mass is 16.6. The number of aryl methyl sites for hydroxylation is 2. The van der Waals surface area contributed by atoms with Crippen LogP contribution in [-0.2, 0) is 6.61 Å². The predicted molar refractivity (Wildman–Crippen MR) is 107 cm³/mol. The molecule has 10 heteroatoms. The van der Waals surface area contributed by atoms with Crippen molar-refractivity contribution in [2.24, 2.45) is 0 Å². The van der Waals surface area contributed by atoms with Gasteiger partial charge in [0.15, 0.2) is 5.82 Å². The van der Waals surface area contributed by atoms with Gasteiger partial charge in [0.1, 0.15) is 23.7 Å². The second-order valence-electron chi connectivity index (χ2n) is 6.65. The number of hydrogen-bond acceptors (Lipinski definition) is 7. The molecule has 152 valence electrons. The van der Waals surface area contributed by atoms with E-state index in [0.29, 0.717) is 34.0 Å². The standard InChI is InChI=1S/C20H17N5O5/c1-11-18(12(2)30-24-11)20(26)21-19-16-9-15(7-8-17(16)22-23-19)29-10-13-3-5-14(6-4-13)25(27)28/h3-9H,10H2,1-2H3,(H2,21,22,23,26). The molecule has 0 saturated heterocycles. The Morgan fingerprint density at radius 3 is 2.67 bits per heavy atom. The summed E-state index contributed by atoms with van der Waals surface area (Å²) in [5.41, 5.74) is 2.41. The number of carbonyl (C=O) groups is 1. The van der Waals surface area contributed by atoms with Crippen LogP contribution in [-0.4, -0.2) is 26.2 Å². The molecule has 0 fully saturated rings. The van der Waals surface area contributed by atoms with Gasteiger partial charge in [-0.1, -0.05) is 5.16 Å². The van der Waals surface area contributed by atoms with Gasteiger partial charge in [0.2, 0.25) is 0 Å². The largest absolute Gasteiger partial charge is 0.489 e. The van der Waals surface area contributed by atoms with Crippen molar-refractivity contribution in [2.75, 3.05) is 5.32 Å². The van der Waals surface area contributed by atoms with E-state index < -0.39 is 4.92 Å². The van der Waals surface area contributed by atoms with Crippen LogP contribution in [0.4, 0.5) is 11.5 Å². The molecular formula is C20H17N5O5. The Morgan fingerprint density at radius 2 is 2.00 bits per heavy atom. The molecule has 2 heterocycles. The second-order valence-corrected chi connectivity index (χ2v) is 6.65. The summed E-state index contributed by atoms with van der Waals surface area (Å²) in [5, 5.41) is 25.0. The normalized spacial score (nSPS) is 10.9. The number of nitro groups is 1. The van der Waals surface area contributed by atoms with E-state index in [2.05, 4.69) is 20.7 Å². The van der Waals surface area contributed by atoms with Crippen LogP contribution in [0, 0.1) is 24.0 Å². The maximum atomic E-state index is 12.6. The fraction of sp³-hybridized carbons (Fsp3) is 0.150. The Morgan fingerprint density at radius 1 is 1.23 bits per heavy atom. The molecule has 2 N–H and O–H groups in total. The van der Waals surface area contributed by atoms with Gasteiger partial charge in [-0.15, -0.1) is 0 Å². The number of non-ortho nitro benzene ring substituents is 1. The van der Waals surface area contributed by atoms with Crippen molar-refractivity contribution in [1.82, 2.24) is 15.4 Å². The van der Waals surface area contributed by atoms with Gasteiger partial charge < -0.3 is 14.6 Å². The Labute approximate surface area is 170 Å². The molecular weight excluding hydrogens is 390 g/mol. The average molecular weight is 407 g/mol. The lowest BCUT2D eigenvalue weighted by Crippen LogP contribution is -2.14. The fourth-order valence-corrected chi connectivity index (χ4v) is 3.04. The van der Waals surface area contributed by atoms with E-state index in [1.807, 2.05) is 0 Å². The number of benzene rings is 2. The molecule has 0 spiro atoms. The number of aromatic amines is 1. The first-order valence-electron chi connectivity index (χ1n) is 9.01. The fourth-order valence-electron chi connectivity index (χ4n) is 3.04. The highest BCUT2D eigenvalue weighted by Crippen LogP contribution is 2.27.